The molecule has 0 spiro atoms. The van der Waals surface area contributed by atoms with E-state index in [0.717, 1.165) is 24.5 Å². The third kappa shape index (κ3) is 3.15. The molecule has 0 saturated carbocycles. The third-order valence-corrected chi connectivity index (χ3v) is 4.47. The van der Waals surface area contributed by atoms with Gasteiger partial charge < -0.3 is 10.2 Å². The molecule has 0 amide bonds. The van der Waals surface area contributed by atoms with Gasteiger partial charge in [-0.2, -0.15) is 4.98 Å². The summed E-state index contributed by atoms with van der Waals surface area (Å²) in [7, 11) is 0. The van der Waals surface area contributed by atoms with Crippen LogP contribution in [0, 0.1) is 12.7 Å². The Morgan fingerprint density at radius 3 is 2.80 bits per heavy atom. The minimum Gasteiger partial charge on any atom is -0.326 e. The Morgan fingerprint density at radius 1 is 1.12 bits per heavy atom. The van der Waals surface area contributed by atoms with Crippen molar-refractivity contribution in [3.05, 3.63) is 70.6 Å². The lowest BCUT2D eigenvalue weighted by molar-refractivity contribution is 0.628. The predicted octanol–water partition coefficient (Wildman–Crippen LogP) is 5.02. The van der Waals surface area contributed by atoms with E-state index in [4.69, 9.17) is 11.6 Å². The van der Waals surface area contributed by atoms with Crippen LogP contribution in [0.4, 0.5) is 27.5 Å². The van der Waals surface area contributed by atoms with Crippen LogP contribution >= 0.6 is 11.6 Å². The highest BCUT2D eigenvalue weighted by Gasteiger charge is 2.21. The summed E-state index contributed by atoms with van der Waals surface area (Å²) in [6.45, 7) is 2.81. The lowest BCUT2D eigenvalue weighted by Crippen LogP contribution is -2.16. The summed E-state index contributed by atoms with van der Waals surface area (Å²) in [6, 6.07) is 14.7. The zero-order valence-electron chi connectivity index (χ0n) is 13.6. The number of para-hydroxylation sites is 1. The number of hydrogen-bond acceptors (Lipinski definition) is 4. The lowest BCUT2D eigenvalue weighted by atomic mass is 10.2. The van der Waals surface area contributed by atoms with Gasteiger partial charge in [0.05, 0.1) is 5.02 Å². The molecule has 1 aliphatic rings. The van der Waals surface area contributed by atoms with Crippen LogP contribution in [0.5, 0.6) is 0 Å². The zero-order chi connectivity index (χ0) is 17.4. The molecule has 25 heavy (non-hydrogen) atoms. The molecule has 3 aromatic rings. The molecule has 126 valence electrons. The van der Waals surface area contributed by atoms with E-state index in [9.17, 15) is 4.39 Å². The first-order valence-electron chi connectivity index (χ1n) is 8.03. The Morgan fingerprint density at radius 2 is 1.96 bits per heavy atom. The molecular formula is C19H16ClFN4. The van der Waals surface area contributed by atoms with Crippen molar-refractivity contribution in [3.8, 4) is 0 Å². The summed E-state index contributed by atoms with van der Waals surface area (Å²) in [5.74, 6) is 0.849. The lowest BCUT2D eigenvalue weighted by Gasteiger charge is -2.19. The van der Waals surface area contributed by atoms with E-state index in [-0.39, 0.29) is 5.02 Å². The van der Waals surface area contributed by atoms with Crippen molar-refractivity contribution in [1.82, 2.24) is 9.97 Å². The van der Waals surface area contributed by atoms with Gasteiger partial charge in [0.1, 0.15) is 11.6 Å². The molecule has 2 aromatic carbocycles. The van der Waals surface area contributed by atoms with Gasteiger partial charge >= 0.3 is 0 Å². The van der Waals surface area contributed by atoms with Gasteiger partial charge in [-0.15, -0.1) is 0 Å². The molecular weight excluding hydrogens is 339 g/mol. The van der Waals surface area contributed by atoms with Gasteiger partial charge in [0.2, 0.25) is 5.95 Å². The molecule has 0 fully saturated rings. The van der Waals surface area contributed by atoms with E-state index in [1.165, 1.54) is 23.4 Å². The largest absolute Gasteiger partial charge is 0.326 e. The first-order chi connectivity index (χ1) is 12.1. The number of benzene rings is 2. The number of aryl methyl sites for hydroxylation is 1. The number of nitrogens with one attached hydrogen (secondary N) is 1. The Labute approximate surface area is 150 Å². The van der Waals surface area contributed by atoms with E-state index in [1.807, 2.05) is 19.1 Å². The van der Waals surface area contributed by atoms with Crippen molar-refractivity contribution in [1.29, 1.82) is 0 Å². The standard InChI is InChI=1S/C19H16ClFN4/c1-12-10-18(25-9-8-13-4-2-3-5-17(13)25)24-19(22-12)23-14-6-7-16(21)15(20)11-14/h2-7,10-11H,8-9H2,1H3,(H,22,23,24). The van der Waals surface area contributed by atoms with Crippen LogP contribution in [-0.4, -0.2) is 16.5 Å². The quantitative estimate of drug-likeness (QED) is 0.717. The van der Waals surface area contributed by atoms with Gasteiger partial charge in [0.25, 0.3) is 0 Å². The van der Waals surface area contributed by atoms with E-state index in [1.54, 1.807) is 6.07 Å². The normalized spacial score (nSPS) is 13.0. The maximum Gasteiger partial charge on any atom is 0.229 e. The minimum atomic E-state index is -0.452. The number of aromatic nitrogens is 2. The second kappa shape index (κ2) is 6.33. The van der Waals surface area contributed by atoms with Gasteiger partial charge in [-0.05, 0) is 43.2 Å². The fraction of sp³-hybridized carbons (Fsp3) is 0.158. The number of rotatable bonds is 3. The molecule has 0 saturated heterocycles. The van der Waals surface area contributed by atoms with Crippen LogP contribution in [0.25, 0.3) is 0 Å². The van der Waals surface area contributed by atoms with Crippen LogP contribution in [0.2, 0.25) is 5.02 Å². The van der Waals surface area contributed by atoms with E-state index in [2.05, 4.69) is 38.4 Å². The third-order valence-electron chi connectivity index (χ3n) is 4.18. The van der Waals surface area contributed by atoms with Crippen LogP contribution in [0.3, 0.4) is 0 Å². The molecule has 0 bridgehead atoms. The molecule has 4 nitrogen and oxygen atoms in total. The van der Waals surface area contributed by atoms with Gasteiger partial charge in [-0.3, -0.25) is 0 Å². The highest BCUT2D eigenvalue weighted by molar-refractivity contribution is 6.31. The second-order valence-electron chi connectivity index (χ2n) is 5.98. The average Bonchev–Trinajstić information content (AvgIpc) is 3.02. The Kier molecular flexibility index (Phi) is 4.01. The van der Waals surface area contributed by atoms with Crippen molar-refractivity contribution in [2.24, 2.45) is 0 Å². The first-order valence-corrected chi connectivity index (χ1v) is 8.41. The van der Waals surface area contributed by atoms with Crippen LogP contribution in [-0.2, 0) is 6.42 Å². The predicted molar refractivity (Wildman–Crippen MR) is 98.6 cm³/mol. The molecule has 2 heterocycles. The molecule has 4 rings (SSSR count). The first kappa shape index (κ1) is 15.8. The summed E-state index contributed by atoms with van der Waals surface area (Å²) in [5, 5.41) is 3.16. The molecule has 1 aliphatic heterocycles. The second-order valence-corrected chi connectivity index (χ2v) is 6.38. The Hall–Kier alpha value is -2.66. The summed E-state index contributed by atoms with van der Waals surface area (Å²) in [5.41, 5.74) is 3.99. The number of nitrogens with zero attached hydrogens (tertiary/aromatic N) is 3. The van der Waals surface area contributed by atoms with Gasteiger partial charge in [-0.1, -0.05) is 29.8 Å². The molecule has 1 aromatic heterocycles. The highest BCUT2D eigenvalue weighted by Crippen LogP contribution is 2.34. The monoisotopic (exact) mass is 354 g/mol. The Balaban J connectivity index is 1.66. The van der Waals surface area contributed by atoms with Crippen molar-refractivity contribution >= 4 is 34.7 Å². The molecule has 1 N–H and O–H groups in total. The van der Waals surface area contributed by atoms with E-state index >= 15 is 0 Å². The van der Waals surface area contributed by atoms with Crippen molar-refractivity contribution < 1.29 is 4.39 Å². The molecule has 0 unspecified atom stereocenters. The number of halogens is 2. The average molecular weight is 355 g/mol. The van der Waals surface area contributed by atoms with Gasteiger partial charge in [-0.25, -0.2) is 9.37 Å². The van der Waals surface area contributed by atoms with Crippen LogP contribution < -0.4 is 10.2 Å². The van der Waals surface area contributed by atoms with Crippen LogP contribution in [0.1, 0.15) is 11.3 Å². The summed E-state index contributed by atoms with van der Waals surface area (Å²) < 4.78 is 13.3. The Bertz CT molecular complexity index is 944. The highest BCUT2D eigenvalue weighted by atomic mass is 35.5. The van der Waals surface area contributed by atoms with Crippen LogP contribution in [0.15, 0.2) is 48.5 Å². The summed E-state index contributed by atoms with van der Waals surface area (Å²) in [6.07, 6.45) is 0.996. The number of anilines is 4. The van der Waals surface area contributed by atoms with Crippen molar-refractivity contribution in [2.75, 3.05) is 16.8 Å². The maximum atomic E-state index is 13.3. The fourth-order valence-corrected chi connectivity index (χ4v) is 3.21. The topological polar surface area (TPSA) is 41.1 Å². The molecule has 6 heteroatoms. The van der Waals surface area contributed by atoms with E-state index < -0.39 is 5.82 Å². The van der Waals surface area contributed by atoms with Gasteiger partial charge in [0, 0.05) is 29.7 Å². The number of fused-ring (bicyclic) bond motifs is 1. The SMILES string of the molecule is Cc1cc(N2CCc3ccccc32)nc(Nc2ccc(F)c(Cl)c2)n1. The summed E-state index contributed by atoms with van der Waals surface area (Å²) in [4.78, 5) is 11.2. The van der Waals surface area contributed by atoms with Gasteiger partial charge in [0.15, 0.2) is 0 Å². The maximum absolute atomic E-state index is 13.3. The molecule has 0 aliphatic carbocycles. The minimum absolute atomic E-state index is 0.0614. The fourth-order valence-electron chi connectivity index (χ4n) is 3.03. The molecule has 0 radical (unpaired) electrons. The van der Waals surface area contributed by atoms with E-state index in [0.29, 0.717) is 11.6 Å². The molecule has 0 atom stereocenters. The number of hydrogen-bond donors (Lipinski definition) is 1. The zero-order valence-corrected chi connectivity index (χ0v) is 14.4. The van der Waals surface area contributed by atoms with Crippen molar-refractivity contribution in [2.45, 2.75) is 13.3 Å². The van der Waals surface area contributed by atoms with Crippen molar-refractivity contribution in [3.63, 3.8) is 0 Å². The smallest absolute Gasteiger partial charge is 0.229 e. The summed E-state index contributed by atoms with van der Waals surface area (Å²) >= 11 is 5.84.